The van der Waals surface area contributed by atoms with Crippen molar-refractivity contribution in [1.82, 2.24) is 4.90 Å². The van der Waals surface area contributed by atoms with Gasteiger partial charge in [0, 0.05) is 49.3 Å². The first-order chi connectivity index (χ1) is 29.0. The molecule has 10 heteroatoms. The number of fused-ring (bicyclic) bond motifs is 3. The van der Waals surface area contributed by atoms with Crippen LogP contribution in [0.3, 0.4) is 0 Å². The summed E-state index contributed by atoms with van der Waals surface area (Å²) < 4.78 is 20.8. The molecule has 1 heterocycles. The number of benzene rings is 4. The molecule has 1 fully saturated rings. The van der Waals surface area contributed by atoms with Crippen molar-refractivity contribution < 1.29 is 38.9 Å². The summed E-state index contributed by atoms with van der Waals surface area (Å²) in [4.78, 5) is 34.4. The Kier molecular flexibility index (Phi) is 13.2. The maximum absolute atomic E-state index is 14.8. The lowest BCUT2D eigenvalue weighted by Gasteiger charge is -2.59. The third kappa shape index (κ3) is 8.92. The number of likely N-dealkylation sites (N-methyl/N-ethyl adjacent to an activating group) is 1. The number of hydrogen-bond donors (Lipinski definition) is 2. The number of carbonyl (C=O) groups is 2. The van der Waals surface area contributed by atoms with E-state index in [9.17, 15) is 19.8 Å². The molecule has 0 spiro atoms. The highest BCUT2D eigenvalue weighted by Gasteiger charge is 2.65. The van der Waals surface area contributed by atoms with E-state index in [-0.39, 0.29) is 43.5 Å². The highest BCUT2D eigenvalue weighted by Crippen LogP contribution is 2.62. The Bertz CT molecular complexity index is 2240. The molecule has 10 nitrogen and oxygen atoms in total. The molecular formula is C50H58N2O8. The molecule has 1 amide bonds. The van der Waals surface area contributed by atoms with E-state index in [2.05, 4.69) is 12.7 Å². The lowest BCUT2D eigenvalue weighted by atomic mass is 9.55. The Morgan fingerprint density at radius 3 is 2.42 bits per heavy atom. The predicted molar refractivity (Wildman–Crippen MR) is 234 cm³/mol. The number of nitrogens with zero attached hydrogens (tertiary/aromatic N) is 2. The Labute approximate surface area is 353 Å². The molecule has 1 saturated carbocycles. The summed E-state index contributed by atoms with van der Waals surface area (Å²) in [6, 6.07) is 26.0. The third-order valence-corrected chi connectivity index (χ3v) is 12.1. The van der Waals surface area contributed by atoms with Crippen molar-refractivity contribution >= 4 is 28.7 Å². The van der Waals surface area contributed by atoms with E-state index in [1.165, 1.54) is 0 Å². The molecule has 4 aromatic rings. The normalized spacial score (nSPS) is 23.8. The van der Waals surface area contributed by atoms with Gasteiger partial charge in [-0.15, -0.1) is 6.58 Å². The van der Waals surface area contributed by atoms with Crippen LogP contribution in [0.25, 0.3) is 10.8 Å². The van der Waals surface area contributed by atoms with Crippen LogP contribution in [0.4, 0.5) is 0 Å². The first-order valence-corrected chi connectivity index (χ1v) is 21.3. The summed E-state index contributed by atoms with van der Waals surface area (Å²) >= 11 is 0. The van der Waals surface area contributed by atoms with Crippen molar-refractivity contribution in [3.63, 3.8) is 0 Å². The van der Waals surface area contributed by atoms with Gasteiger partial charge in [-0.1, -0.05) is 72.6 Å². The van der Waals surface area contributed by atoms with E-state index < -0.39 is 23.3 Å². The predicted octanol–water partition coefficient (Wildman–Crippen LogP) is 9.65. The van der Waals surface area contributed by atoms with Crippen LogP contribution in [0.5, 0.6) is 17.2 Å². The number of aliphatic hydroxyl groups is 2. The lowest BCUT2D eigenvalue weighted by Crippen LogP contribution is -2.69. The second-order valence-corrected chi connectivity index (χ2v) is 17.2. The maximum atomic E-state index is 14.8. The molecule has 0 aromatic heterocycles. The molecule has 7 rings (SSSR count). The molecule has 2 N–H and O–H groups in total. The second kappa shape index (κ2) is 18.5. The first-order valence-electron chi connectivity index (χ1n) is 21.3. The number of amides is 1. The van der Waals surface area contributed by atoms with Crippen molar-refractivity contribution in [1.29, 1.82) is 0 Å². The molecule has 0 saturated heterocycles. The fourth-order valence-electron chi connectivity index (χ4n) is 9.44. The molecule has 0 bridgehead atoms. The van der Waals surface area contributed by atoms with Crippen LogP contribution in [0, 0.1) is 17.8 Å². The SMILES string of the molecule is C=CCO[C@@]12Oc3ccc(Oc4cccc(C=O)c4)cc3[C@H]3[C@H](CCCCO)[C@@H](CCCCO)C=C(C(=NOC(C)(C)C)C[C@@H]1N(C)C(=O)c1ccc4ccccc4c1)[C@H]32. The standard InChI is InChI=1S/C50H58N2O8/c1-6-26-57-50-45(52(5)48(56)37-21-20-34-15-7-8-16-35(34)28-37)31-43(51-60-49(2,3)4)41-29-36(17-9-11-24-53)40(19-10-12-25-54)46(47(41)50)42-30-39(22-23-44(42)59-50)58-38-18-13-14-33(27-38)32-55/h6-8,13-16,18,20-23,27-30,32,36,40,45-47,53-54H,1,9-12,17,19,24-26,31H2,2-5H3/t36-,40+,45-,46+,47+,50+/m0/s1. The number of allylic oxidation sites excluding steroid dienone is 1. The number of aldehydes is 1. The Morgan fingerprint density at radius 1 is 0.933 bits per heavy atom. The molecule has 2 aliphatic carbocycles. The molecule has 1 aliphatic heterocycles. The van der Waals surface area contributed by atoms with Crippen LogP contribution in [0.2, 0.25) is 0 Å². The number of rotatable bonds is 17. The first kappa shape index (κ1) is 42.8. The van der Waals surface area contributed by atoms with Gasteiger partial charge in [-0.3, -0.25) is 9.59 Å². The maximum Gasteiger partial charge on any atom is 0.254 e. The molecule has 4 aromatic carbocycles. The van der Waals surface area contributed by atoms with Crippen molar-refractivity contribution in [3.8, 4) is 17.2 Å². The van der Waals surface area contributed by atoms with Gasteiger partial charge in [-0.2, -0.15) is 0 Å². The van der Waals surface area contributed by atoms with Crippen LogP contribution in [0.15, 0.2) is 114 Å². The van der Waals surface area contributed by atoms with Crippen LogP contribution in [0.1, 0.15) is 97.9 Å². The summed E-state index contributed by atoms with van der Waals surface area (Å²) in [7, 11) is 1.82. The number of carbonyl (C=O) groups excluding carboxylic acids is 2. The minimum atomic E-state index is -1.38. The molecule has 0 unspecified atom stereocenters. The summed E-state index contributed by atoms with van der Waals surface area (Å²) in [6.45, 7) is 10.3. The zero-order valence-electron chi connectivity index (χ0n) is 35.2. The minimum Gasteiger partial charge on any atom is -0.459 e. The van der Waals surface area contributed by atoms with Gasteiger partial charge in [0.2, 0.25) is 5.79 Å². The molecule has 60 heavy (non-hydrogen) atoms. The highest BCUT2D eigenvalue weighted by molar-refractivity contribution is 6.04. The Balaban J connectivity index is 1.43. The van der Waals surface area contributed by atoms with Crippen LogP contribution in [-0.2, 0) is 9.57 Å². The monoisotopic (exact) mass is 814 g/mol. The molecule has 0 radical (unpaired) electrons. The van der Waals surface area contributed by atoms with Gasteiger partial charge >= 0.3 is 0 Å². The highest BCUT2D eigenvalue weighted by atomic mass is 16.7. The fourth-order valence-corrected chi connectivity index (χ4v) is 9.44. The van der Waals surface area contributed by atoms with E-state index in [4.69, 9.17) is 24.2 Å². The van der Waals surface area contributed by atoms with E-state index in [0.717, 1.165) is 59.6 Å². The van der Waals surface area contributed by atoms with Gasteiger partial charge in [0.1, 0.15) is 35.2 Å². The van der Waals surface area contributed by atoms with Crippen LogP contribution in [-0.4, -0.2) is 77.3 Å². The Hall–Kier alpha value is -5.29. The van der Waals surface area contributed by atoms with Crippen molar-refractivity contribution in [3.05, 3.63) is 126 Å². The van der Waals surface area contributed by atoms with E-state index in [1.54, 1.807) is 29.2 Å². The van der Waals surface area contributed by atoms with Crippen molar-refractivity contribution in [2.45, 2.75) is 89.1 Å². The van der Waals surface area contributed by atoms with Gasteiger partial charge in [-0.25, -0.2) is 0 Å². The van der Waals surface area contributed by atoms with E-state index in [1.807, 2.05) is 94.5 Å². The summed E-state index contributed by atoms with van der Waals surface area (Å²) in [5.41, 5.74) is 3.09. The zero-order valence-corrected chi connectivity index (χ0v) is 35.2. The van der Waals surface area contributed by atoms with Crippen molar-refractivity contribution in [2.24, 2.45) is 22.9 Å². The quantitative estimate of drug-likeness (QED) is 0.0467. The number of aliphatic hydroxyl groups excluding tert-OH is 2. The molecule has 6 atom stereocenters. The van der Waals surface area contributed by atoms with Crippen LogP contribution < -0.4 is 9.47 Å². The van der Waals surface area contributed by atoms with Gasteiger partial charge in [-0.05, 0) is 117 Å². The summed E-state index contributed by atoms with van der Waals surface area (Å²) in [5, 5.41) is 26.8. The smallest absolute Gasteiger partial charge is 0.254 e. The summed E-state index contributed by atoms with van der Waals surface area (Å²) in [6.07, 6.45) is 9.73. The zero-order chi connectivity index (χ0) is 42.4. The van der Waals surface area contributed by atoms with Crippen LogP contribution >= 0.6 is 0 Å². The fraction of sp³-hybridized carbons (Fsp3) is 0.420. The van der Waals surface area contributed by atoms with Gasteiger partial charge in [0.05, 0.1) is 18.2 Å². The second-order valence-electron chi connectivity index (χ2n) is 17.2. The summed E-state index contributed by atoms with van der Waals surface area (Å²) in [5.74, 6) is -0.360. The average molecular weight is 815 g/mol. The lowest BCUT2D eigenvalue weighted by molar-refractivity contribution is -0.252. The topological polar surface area (TPSA) is 127 Å². The van der Waals surface area contributed by atoms with Crippen molar-refractivity contribution in [2.75, 3.05) is 26.9 Å². The van der Waals surface area contributed by atoms with Gasteiger partial charge in [0.25, 0.3) is 5.91 Å². The van der Waals surface area contributed by atoms with E-state index in [0.29, 0.717) is 47.6 Å². The number of unbranched alkanes of at least 4 members (excludes halogenated alkanes) is 2. The number of ether oxygens (including phenoxy) is 3. The minimum absolute atomic E-state index is 0.0528. The van der Waals surface area contributed by atoms with Gasteiger partial charge < -0.3 is 34.2 Å². The molecule has 316 valence electrons. The third-order valence-electron chi connectivity index (χ3n) is 12.1. The molecule has 3 aliphatic rings. The Morgan fingerprint density at radius 2 is 1.68 bits per heavy atom. The van der Waals surface area contributed by atoms with Gasteiger partial charge in [0.15, 0.2) is 0 Å². The largest absolute Gasteiger partial charge is 0.459 e. The molecular weight excluding hydrogens is 757 g/mol. The number of hydrogen-bond acceptors (Lipinski definition) is 9. The average Bonchev–Trinajstić information content (AvgIpc) is 3.25. The number of oxime groups is 1. The van der Waals surface area contributed by atoms with E-state index >= 15 is 0 Å².